The Hall–Kier alpha value is -0.155. The van der Waals surface area contributed by atoms with Crippen LogP contribution in [0.15, 0.2) is 0 Å². The normalized spacial score (nSPS) is 11.6. The van der Waals surface area contributed by atoms with E-state index in [1.165, 1.54) is 0 Å². The van der Waals surface area contributed by atoms with Gasteiger partial charge in [0.1, 0.15) is 0 Å². The van der Waals surface area contributed by atoms with Crippen molar-refractivity contribution in [2.45, 2.75) is 20.8 Å². The Morgan fingerprint density at radius 1 is 1.14 bits per heavy atom. The molecule has 7 heteroatoms. The van der Waals surface area contributed by atoms with Crippen LogP contribution in [0.3, 0.4) is 0 Å². The Labute approximate surface area is 85.5 Å². The van der Waals surface area contributed by atoms with Crippen molar-refractivity contribution < 1.29 is 23.5 Å². The number of hydrogen-bond acceptors (Lipinski definition) is 4. The van der Waals surface area contributed by atoms with Crippen molar-refractivity contribution in [3.8, 4) is 0 Å². The van der Waals surface area contributed by atoms with Crippen molar-refractivity contribution in [1.29, 1.82) is 0 Å². The SMILES string of the molecule is CCO[P+]([BH2-]C(=O)O)(OCC)OCC. The fraction of sp³-hybridized carbons (Fsp3) is 0.857. The third-order valence-corrected chi connectivity index (χ3v) is 4.67. The second-order valence-electron chi connectivity index (χ2n) is 2.77. The maximum absolute atomic E-state index is 10.7. The van der Waals surface area contributed by atoms with Crippen LogP contribution < -0.4 is 0 Å². The van der Waals surface area contributed by atoms with Gasteiger partial charge in [0.05, 0.1) is 19.8 Å². The van der Waals surface area contributed by atoms with Gasteiger partial charge >= 0.3 is 7.00 Å². The van der Waals surface area contributed by atoms with Crippen LogP contribution in [0.5, 0.6) is 0 Å². The maximum atomic E-state index is 10.7. The fourth-order valence-electron chi connectivity index (χ4n) is 1.24. The molecule has 0 rings (SSSR count). The monoisotopic (exact) mass is 224 g/mol. The van der Waals surface area contributed by atoms with Gasteiger partial charge in [-0.1, -0.05) is 0 Å². The van der Waals surface area contributed by atoms with E-state index in [-0.39, 0.29) is 0 Å². The quantitative estimate of drug-likeness (QED) is 0.501. The number of carbonyl (C=O) groups is 1. The average Bonchev–Trinajstić information content (AvgIpc) is 2.03. The molecule has 5 nitrogen and oxygen atoms in total. The molecule has 0 bridgehead atoms. The highest BCUT2D eigenvalue weighted by molar-refractivity contribution is 7.93. The van der Waals surface area contributed by atoms with E-state index in [9.17, 15) is 4.79 Å². The Kier molecular flexibility index (Phi) is 7.10. The van der Waals surface area contributed by atoms with Crippen LogP contribution in [0.2, 0.25) is 0 Å². The van der Waals surface area contributed by atoms with Crippen molar-refractivity contribution in [1.82, 2.24) is 0 Å². The first-order valence-electron chi connectivity index (χ1n) is 4.91. The van der Waals surface area contributed by atoms with Gasteiger partial charge < -0.3 is 5.11 Å². The highest BCUT2D eigenvalue weighted by Gasteiger charge is 2.39. The molecule has 0 amide bonds. The summed E-state index contributed by atoms with van der Waals surface area (Å²) >= 11 is 0. The van der Waals surface area contributed by atoms with Gasteiger partial charge in [0.2, 0.25) is 7.82 Å². The molecule has 0 fully saturated rings. The average molecular weight is 224 g/mol. The summed E-state index contributed by atoms with van der Waals surface area (Å²) in [6.45, 7) is 5.30. The van der Waals surface area contributed by atoms with Gasteiger partial charge in [0, 0.05) is 0 Å². The lowest BCUT2D eigenvalue weighted by atomic mass is 10.1. The Balaban J connectivity index is 4.45. The summed E-state index contributed by atoms with van der Waals surface area (Å²) in [7, 11) is -2.53. The third kappa shape index (κ3) is 4.91. The van der Waals surface area contributed by atoms with Crippen LogP contribution in [-0.2, 0) is 13.6 Å². The van der Waals surface area contributed by atoms with E-state index in [1.54, 1.807) is 20.8 Å². The largest absolute Gasteiger partial charge is 0.511 e. The molecule has 84 valence electrons. The summed E-state index contributed by atoms with van der Waals surface area (Å²) in [6, 6.07) is 0. The van der Waals surface area contributed by atoms with E-state index in [4.69, 9.17) is 18.7 Å². The zero-order valence-corrected chi connectivity index (χ0v) is 10.0. The molecule has 0 aromatic carbocycles. The van der Waals surface area contributed by atoms with Crippen molar-refractivity contribution in [2.24, 2.45) is 0 Å². The standard InChI is InChI=1S/C7H18BO5P/c1-4-11-14(12-5-2,13-6-3)8-7(9)10/h4-6,8H2,1-3H3,(H,9,10). The summed E-state index contributed by atoms with van der Waals surface area (Å²) in [5, 5.41) is 8.77. The van der Waals surface area contributed by atoms with E-state index in [0.29, 0.717) is 19.8 Å². The highest BCUT2D eigenvalue weighted by Crippen LogP contribution is 2.60. The molecule has 0 atom stereocenters. The lowest BCUT2D eigenvalue weighted by molar-refractivity contribution is 0.166. The van der Waals surface area contributed by atoms with Crippen LogP contribution >= 0.6 is 7.82 Å². The van der Waals surface area contributed by atoms with E-state index < -0.39 is 20.7 Å². The van der Waals surface area contributed by atoms with Crippen LogP contribution in [0.4, 0.5) is 4.79 Å². The first-order valence-corrected chi connectivity index (χ1v) is 6.90. The molecule has 1 N–H and O–H groups in total. The minimum Gasteiger partial charge on any atom is -0.511 e. The molecule has 0 aliphatic rings. The van der Waals surface area contributed by atoms with Gasteiger partial charge in [-0.25, -0.2) is 13.6 Å². The molecule has 0 aromatic heterocycles. The summed E-state index contributed by atoms with van der Waals surface area (Å²) in [4.78, 5) is 10.7. The second kappa shape index (κ2) is 7.18. The predicted molar refractivity (Wildman–Crippen MR) is 58.4 cm³/mol. The van der Waals surface area contributed by atoms with Crippen LogP contribution in [0, 0.1) is 0 Å². The zero-order chi connectivity index (χ0) is 11.0. The maximum Gasteiger partial charge on any atom is 0.348 e. The summed E-state index contributed by atoms with van der Waals surface area (Å²) in [5.41, 5.74) is 0. The van der Waals surface area contributed by atoms with Crippen LogP contribution in [0.1, 0.15) is 20.8 Å². The smallest absolute Gasteiger partial charge is 0.348 e. The zero-order valence-electron chi connectivity index (χ0n) is 9.15. The molecule has 0 radical (unpaired) electrons. The molecule has 14 heavy (non-hydrogen) atoms. The van der Waals surface area contributed by atoms with Gasteiger partial charge in [-0.2, -0.15) is 0 Å². The summed E-state index contributed by atoms with van der Waals surface area (Å²) < 4.78 is 16.1. The van der Waals surface area contributed by atoms with Crippen LogP contribution in [0.25, 0.3) is 0 Å². The van der Waals surface area contributed by atoms with E-state index in [0.717, 1.165) is 0 Å². The Morgan fingerprint density at radius 2 is 1.50 bits per heavy atom. The van der Waals surface area contributed by atoms with Gasteiger partial charge in [0.15, 0.2) is 5.87 Å². The Morgan fingerprint density at radius 3 is 1.71 bits per heavy atom. The van der Waals surface area contributed by atoms with E-state index in [2.05, 4.69) is 0 Å². The van der Waals surface area contributed by atoms with E-state index >= 15 is 0 Å². The van der Waals surface area contributed by atoms with Crippen molar-refractivity contribution >= 4 is 20.7 Å². The molecule has 0 aromatic rings. The molecule has 0 aliphatic heterocycles. The molecule has 0 aliphatic carbocycles. The first kappa shape index (κ1) is 13.8. The van der Waals surface area contributed by atoms with Gasteiger partial charge in [-0.3, -0.25) is 4.79 Å². The molecular weight excluding hydrogens is 206 g/mol. The van der Waals surface area contributed by atoms with Gasteiger partial charge in [-0.15, -0.1) is 0 Å². The second-order valence-corrected chi connectivity index (χ2v) is 5.53. The van der Waals surface area contributed by atoms with Crippen molar-refractivity contribution in [3.05, 3.63) is 0 Å². The molecule has 0 saturated carbocycles. The highest BCUT2D eigenvalue weighted by atomic mass is 31.2. The molecule has 0 heterocycles. The third-order valence-electron chi connectivity index (χ3n) is 1.56. The molecule has 0 unspecified atom stereocenters. The predicted octanol–water partition coefficient (Wildman–Crippen LogP) is 1.62. The number of hydrogen-bond donors (Lipinski definition) is 1. The van der Waals surface area contributed by atoms with Crippen molar-refractivity contribution in [3.63, 3.8) is 0 Å². The lowest BCUT2D eigenvalue weighted by Crippen LogP contribution is -2.19. The molecular formula is C7H18BO5P. The number of rotatable bonds is 8. The number of carboxylic acid groups (broad SMARTS) is 1. The summed E-state index contributed by atoms with van der Waals surface area (Å²) in [6.07, 6.45) is 0. The van der Waals surface area contributed by atoms with Crippen LogP contribution in [-0.4, -0.2) is 37.8 Å². The van der Waals surface area contributed by atoms with Crippen molar-refractivity contribution in [2.75, 3.05) is 19.8 Å². The first-order chi connectivity index (χ1) is 6.60. The van der Waals surface area contributed by atoms with E-state index in [1.807, 2.05) is 0 Å². The van der Waals surface area contributed by atoms with Gasteiger partial charge in [0.25, 0.3) is 0 Å². The fourth-order valence-corrected chi connectivity index (χ4v) is 3.73. The molecule has 0 saturated heterocycles. The minimum absolute atomic E-state index is 0.421. The summed E-state index contributed by atoms with van der Waals surface area (Å²) in [5.74, 6) is -0.839. The minimum atomic E-state index is -2.53. The van der Waals surface area contributed by atoms with Gasteiger partial charge in [-0.05, 0) is 20.8 Å². The topological polar surface area (TPSA) is 65.0 Å². The lowest BCUT2D eigenvalue weighted by Gasteiger charge is -2.26. The molecule has 0 spiro atoms. The Bertz CT molecular complexity index is 160.